The fourth-order valence-electron chi connectivity index (χ4n) is 3.50. The summed E-state index contributed by atoms with van der Waals surface area (Å²) in [5.41, 5.74) is 0.308. The highest BCUT2D eigenvalue weighted by atomic mass is 127. The van der Waals surface area contributed by atoms with E-state index in [0.29, 0.717) is 17.9 Å². The Morgan fingerprint density at radius 3 is 2.58 bits per heavy atom. The van der Waals surface area contributed by atoms with Gasteiger partial charge in [0.2, 0.25) is 5.91 Å². The van der Waals surface area contributed by atoms with Gasteiger partial charge in [-0.2, -0.15) is 0 Å². The highest BCUT2D eigenvalue weighted by molar-refractivity contribution is 14.0. The maximum Gasteiger partial charge on any atom is 0.220 e. The molecule has 0 heterocycles. The molecule has 26 heavy (non-hydrogen) atoms. The predicted molar refractivity (Wildman–Crippen MR) is 117 cm³/mol. The Hall–Kier alpha value is -0.570. The minimum atomic E-state index is 0. The Bertz CT molecular complexity index is 435. The van der Waals surface area contributed by atoms with Crippen LogP contribution in [0.5, 0.6) is 0 Å². The molecule has 0 atom stereocenters. The van der Waals surface area contributed by atoms with E-state index in [4.69, 9.17) is 9.73 Å². The van der Waals surface area contributed by atoms with Crippen LogP contribution in [0.3, 0.4) is 0 Å². The molecule has 2 aliphatic carbocycles. The van der Waals surface area contributed by atoms with Gasteiger partial charge >= 0.3 is 0 Å². The van der Waals surface area contributed by atoms with Crippen molar-refractivity contribution in [2.75, 3.05) is 33.4 Å². The summed E-state index contributed by atoms with van der Waals surface area (Å²) in [5.74, 6) is 1.05. The maximum atomic E-state index is 11.7. The highest BCUT2D eigenvalue weighted by Gasteiger charge is 2.33. The summed E-state index contributed by atoms with van der Waals surface area (Å²) in [4.78, 5) is 16.5. The van der Waals surface area contributed by atoms with Crippen molar-refractivity contribution in [2.24, 2.45) is 10.4 Å². The zero-order valence-corrected chi connectivity index (χ0v) is 18.8. The fourth-order valence-corrected chi connectivity index (χ4v) is 3.50. The van der Waals surface area contributed by atoms with Crippen molar-refractivity contribution in [3.8, 4) is 0 Å². The summed E-state index contributed by atoms with van der Waals surface area (Å²) in [6, 6.07) is 0.453. The first kappa shape index (κ1) is 23.5. The number of carbonyl (C=O) groups excluding carboxylic acids is 1. The van der Waals surface area contributed by atoms with Crippen molar-refractivity contribution in [3.05, 3.63) is 0 Å². The lowest BCUT2D eigenvalue weighted by molar-refractivity contribution is -0.121. The van der Waals surface area contributed by atoms with Crippen LogP contribution in [0.25, 0.3) is 0 Å². The second-order valence-electron chi connectivity index (χ2n) is 7.52. The monoisotopic (exact) mass is 480 g/mol. The molecule has 6 nitrogen and oxygen atoms in total. The Morgan fingerprint density at radius 1 is 1.23 bits per heavy atom. The van der Waals surface area contributed by atoms with Gasteiger partial charge in [0, 0.05) is 45.8 Å². The topological polar surface area (TPSA) is 74.8 Å². The minimum absolute atomic E-state index is 0. The van der Waals surface area contributed by atoms with Crippen molar-refractivity contribution < 1.29 is 9.53 Å². The second-order valence-corrected chi connectivity index (χ2v) is 7.52. The van der Waals surface area contributed by atoms with Gasteiger partial charge in [-0.05, 0) is 50.9 Å². The van der Waals surface area contributed by atoms with Crippen LogP contribution in [-0.4, -0.2) is 51.3 Å². The highest BCUT2D eigenvalue weighted by Crippen LogP contribution is 2.41. The van der Waals surface area contributed by atoms with E-state index in [0.717, 1.165) is 57.9 Å². The number of rotatable bonds is 11. The molecular weight excluding hydrogens is 443 g/mol. The molecule has 0 aromatic rings. The number of hydrogen-bond donors (Lipinski definition) is 3. The number of hydrogen-bond acceptors (Lipinski definition) is 3. The molecule has 0 unspecified atom stereocenters. The quantitative estimate of drug-likeness (QED) is 0.184. The molecule has 2 rings (SSSR count). The van der Waals surface area contributed by atoms with Crippen LogP contribution in [0.1, 0.15) is 64.7 Å². The van der Waals surface area contributed by atoms with Crippen LogP contribution in [0, 0.1) is 5.41 Å². The summed E-state index contributed by atoms with van der Waals surface area (Å²) < 4.78 is 5.30. The molecule has 3 N–H and O–H groups in total. The van der Waals surface area contributed by atoms with Crippen molar-refractivity contribution in [1.82, 2.24) is 16.0 Å². The van der Waals surface area contributed by atoms with E-state index in [9.17, 15) is 4.79 Å². The first-order valence-corrected chi connectivity index (χ1v) is 9.98. The number of aliphatic imine (C=N–C) groups is 1. The van der Waals surface area contributed by atoms with Crippen LogP contribution in [0.4, 0.5) is 0 Å². The molecule has 2 fully saturated rings. The smallest absolute Gasteiger partial charge is 0.220 e. The molecule has 0 spiro atoms. The van der Waals surface area contributed by atoms with Crippen LogP contribution in [-0.2, 0) is 9.53 Å². The van der Waals surface area contributed by atoms with Crippen molar-refractivity contribution in [2.45, 2.75) is 70.8 Å². The van der Waals surface area contributed by atoms with Crippen LogP contribution >= 0.6 is 24.0 Å². The summed E-state index contributed by atoms with van der Waals surface area (Å²) in [6.45, 7) is 5.37. The SMILES string of the molecule is CCNC(=NCC1(CCOC)CCCC1)NCCCC(=O)NC1CC1.I. The molecule has 0 bridgehead atoms. The lowest BCUT2D eigenvalue weighted by atomic mass is 9.83. The van der Waals surface area contributed by atoms with Gasteiger partial charge in [-0.3, -0.25) is 9.79 Å². The number of ether oxygens (including phenoxy) is 1. The van der Waals surface area contributed by atoms with E-state index in [-0.39, 0.29) is 29.9 Å². The van der Waals surface area contributed by atoms with E-state index in [1.165, 1.54) is 25.7 Å². The van der Waals surface area contributed by atoms with E-state index in [1.807, 2.05) is 0 Å². The zero-order chi connectivity index (χ0) is 18.0. The number of nitrogens with zero attached hydrogens (tertiary/aromatic N) is 1. The molecule has 0 saturated heterocycles. The third-order valence-corrected chi connectivity index (χ3v) is 5.23. The number of nitrogens with one attached hydrogen (secondary N) is 3. The van der Waals surface area contributed by atoms with Gasteiger partial charge in [-0.25, -0.2) is 0 Å². The third kappa shape index (κ3) is 8.88. The molecule has 0 aromatic heterocycles. The third-order valence-electron chi connectivity index (χ3n) is 5.23. The van der Waals surface area contributed by atoms with Crippen LogP contribution in [0.2, 0.25) is 0 Å². The Morgan fingerprint density at radius 2 is 1.96 bits per heavy atom. The molecule has 0 aliphatic heterocycles. The minimum Gasteiger partial charge on any atom is -0.385 e. The second kappa shape index (κ2) is 12.8. The van der Waals surface area contributed by atoms with E-state index < -0.39 is 0 Å². The molecule has 2 aliphatic rings. The standard InChI is InChI=1S/C19H36N4O2.HI/c1-3-20-18(21-13-6-7-17(24)23-16-8-9-16)22-15-19(12-14-25-2)10-4-5-11-19;/h16H,3-15H2,1-2H3,(H,23,24)(H2,20,21,22);1H. The van der Waals surface area contributed by atoms with Gasteiger partial charge in [0.15, 0.2) is 5.96 Å². The Labute approximate surface area is 175 Å². The largest absolute Gasteiger partial charge is 0.385 e. The van der Waals surface area contributed by atoms with Gasteiger partial charge in [-0.15, -0.1) is 24.0 Å². The lowest BCUT2D eigenvalue weighted by Crippen LogP contribution is -2.39. The van der Waals surface area contributed by atoms with Gasteiger partial charge < -0.3 is 20.7 Å². The molecule has 152 valence electrons. The lowest BCUT2D eigenvalue weighted by Gasteiger charge is -2.27. The molecule has 2 saturated carbocycles. The van der Waals surface area contributed by atoms with E-state index in [2.05, 4.69) is 22.9 Å². The van der Waals surface area contributed by atoms with Crippen LogP contribution < -0.4 is 16.0 Å². The van der Waals surface area contributed by atoms with Crippen molar-refractivity contribution in [1.29, 1.82) is 0 Å². The maximum absolute atomic E-state index is 11.7. The number of guanidine groups is 1. The number of carbonyl (C=O) groups is 1. The molecular formula is C19H37IN4O2. The summed E-state index contributed by atoms with van der Waals surface area (Å²) in [7, 11) is 1.77. The van der Waals surface area contributed by atoms with Crippen molar-refractivity contribution >= 4 is 35.8 Å². The fraction of sp³-hybridized carbons (Fsp3) is 0.895. The van der Waals surface area contributed by atoms with E-state index in [1.54, 1.807) is 7.11 Å². The van der Waals surface area contributed by atoms with Gasteiger partial charge in [-0.1, -0.05) is 12.8 Å². The summed E-state index contributed by atoms with van der Waals surface area (Å²) in [6.07, 6.45) is 9.91. The molecule has 1 amide bonds. The zero-order valence-electron chi connectivity index (χ0n) is 16.4. The number of methoxy groups -OCH3 is 1. The normalized spacial score (nSPS) is 18.9. The van der Waals surface area contributed by atoms with Gasteiger partial charge in [0.05, 0.1) is 0 Å². The summed E-state index contributed by atoms with van der Waals surface area (Å²) >= 11 is 0. The Kier molecular flexibility index (Phi) is 11.5. The molecule has 0 radical (unpaired) electrons. The van der Waals surface area contributed by atoms with Gasteiger partial charge in [0.1, 0.15) is 0 Å². The summed E-state index contributed by atoms with van der Waals surface area (Å²) in [5, 5.41) is 9.72. The van der Waals surface area contributed by atoms with Gasteiger partial charge in [0.25, 0.3) is 0 Å². The molecule has 7 heteroatoms. The van der Waals surface area contributed by atoms with Crippen LogP contribution in [0.15, 0.2) is 4.99 Å². The number of amides is 1. The first-order chi connectivity index (χ1) is 12.2. The average molecular weight is 480 g/mol. The predicted octanol–water partition coefficient (Wildman–Crippen LogP) is 2.82. The Balaban J connectivity index is 0.00000338. The number of halogens is 1. The molecule has 0 aromatic carbocycles. The van der Waals surface area contributed by atoms with Crippen molar-refractivity contribution in [3.63, 3.8) is 0 Å². The first-order valence-electron chi connectivity index (χ1n) is 9.98. The average Bonchev–Trinajstić information content (AvgIpc) is 3.29. The van der Waals surface area contributed by atoms with E-state index >= 15 is 0 Å².